The minimum Gasteiger partial charge on any atom is -0.482 e. The third-order valence-corrected chi connectivity index (χ3v) is 3.12. The van der Waals surface area contributed by atoms with Gasteiger partial charge in [0.15, 0.2) is 6.61 Å². The van der Waals surface area contributed by atoms with Crippen molar-refractivity contribution in [3.63, 3.8) is 0 Å². The molecule has 2 amide bonds. The van der Waals surface area contributed by atoms with Crippen molar-refractivity contribution in [3.05, 3.63) is 34.8 Å². The molecule has 0 spiro atoms. The Bertz CT molecular complexity index is 640. The number of ether oxygens (including phenoxy) is 1. The van der Waals surface area contributed by atoms with Gasteiger partial charge in [-0.05, 0) is 12.1 Å². The van der Waals surface area contributed by atoms with Gasteiger partial charge in [0.25, 0.3) is 11.8 Å². The maximum Gasteiger partial charge on any atom is 0.275 e. The molecule has 0 atom stereocenters. The van der Waals surface area contributed by atoms with Gasteiger partial charge in [0, 0.05) is 17.1 Å². The number of fused-ring (bicyclic) bond motifs is 1. The molecular weight excluding hydrogens is 266 g/mol. The zero-order chi connectivity index (χ0) is 13.2. The van der Waals surface area contributed by atoms with Crippen LogP contribution in [0.3, 0.4) is 0 Å². The average molecular weight is 275 g/mol. The lowest BCUT2D eigenvalue weighted by Gasteiger charge is -2.18. The van der Waals surface area contributed by atoms with Crippen molar-refractivity contribution in [2.75, 3.05) is 17.2 Å². The van der Waals surface area contributed by atoms with E-state index in [-0.39, 0.29) is 18.4 Å². The largest absolute Gasteiger partial charge is 0.482 e. The van der Waals surface area contributed by atoms with Gasteiger partial charge in [0.2, 0.25) is 0 Å². The second-order valence-corrected chi connectivity index (χ2v) is 4.59. The standard InChI is InChI=1S/C12H9N3O3S/c16-11-4-18-10-3-7(1-2-8(10)15-11)14-12(17)9-5-19-6-13-9/h1-3,5-6H,4H2,(H,14,17)(H,15,16). The van der Waals surface area contributed by atoms with Crippen LogP contribution in [0.5, 0.6) is 5.75 Å². The van der Waals surface area contributed by atoms with Crippen LogP contribution in [0.2, 0.25) is 0 Å². The zero-order valence-corrected chi connectivity index (χ0v) is 10.5. The lowest BCUT2D eigenvalue weighted by molar-refractivity contribution is -0.118. The highest BCUT2D eigenvalue weighted by Gasteiger charge is 2.16. The Balaban J connectivity index is 1.79. The summed E-state index contributed by atoms with van der Waals surface area (Å²) in [6, 6.07) is 5.04. The molecule has 1 aromatic heterocycles. The fraction of sp³-hybridized carbons (Fsp3) is 0.0833. The van der Waals surface area contributed by atoms with Crippen LogP contribution in [0, 0.1) is 0 Å². The number of carbonyl (C=O) groups is 2. The van der Waals surface area contributed by atoms with Crippen molar-refractivity contribution in [1.29, 1.82) is 0 Å². The zero-order valence-electron chi connectivity index (χ0n) is 9.67. The number of nitrogens with zero attached hydrogens (tertiary/aromatic N) is 1. The van der Waals surface area contributed by atoms with Crippen LogP contribution in [0.1, 0.15) is 10.5 Å². The third kappa shape index (κ3) is 2.41. The van der Waals surface area contributed by atoms with Gasteiger partial charge >= 0.3 is 0 Å². The second-order valence-electron chi connectivity index (χ2n) is 3.88. The molecule has 0 unspecified atom stereocenters. The number of aromatic nitrogens is 1. The van der Waals surface area contributed by atoms with Crippen molar-refractivity contribution in [1.82, 2.24) is 4.98 Å². The Morgan fingerprint density at radius 2 is 2.37 bits per heavy atom. The summed E-state index contributed by atoms with van der Waals surface area (Å²) in [5.74, 6) is 0.0727. The van der Waals surface area contributed by atoms with Gasteiger partial charge in [0.1, 0.15) is 11.4 Å². The summed E-state index contributed by atoms with van der Waals surface area (Å²) in [5, 5.41) is 7.07. The molecule has 0 saturated carbocycles. The van der Waals surface area contributed by atoms with Crippen LogP contribution >= 0.6 is 11.3 Å². The lowest BCUT2D eigenvalue weighted by atomic mass is 10.2. The van der Waals surface area contributed by atoms with E-state index in [9.17, 15) is 9.59 Å². The first-order valence-electron chi connectivity index (χ1n) is 5.48. The molecule has 2 aromatic rings. The monoisotopic (exact) mass is 275 g/mol. The molecule has 2 N–H and O–H groups in total. The van der Waals surface area contributed by atoms with Gasteiger partial charge < -0.3 is 15.4 Å². The van der Waals surface area contributed by atoms with Crippen molar-refractivity contribution < 1.29 is 14.3 Å². The van der Waals surface area contributed by atoms with Crippen LogP contribution < -0.4 is 15.4 Å². The van der Waals surface area contributed by atoms with E-state index in [2.05, 4.69) is 15.6 Å². The summed E-state index contributed by atoms with van der Waals surface area (Å²) >= 11 is 1.36. The summed E-state index contributed by atoms with van der Waals surface area (Å²) in [6.45, 7) is -0.0174. The van der Waals surface area contributed by atoms with Crippen LogP contribution in [-0.4, -0.2) is 23.4 Å². The van der Waals surface area contributed by atoms with E-state index in [1.165, 1.54) is 11.3 Å². The smallest absolute Gasteiger partial charge is 0.275 e. The topological polar surface area (TPSA) is 80.3 Å². The van der Waals surface area contributed by atoms with Gasteiger partial charge in [0.05, 0.1) is 11.2 Å². The predicted molar refractivity (Wildman–Crippen MR) is 70.6 cm³/mol. The molecule has 2 heterocycles. The normalized spacial score (nSPS) is 13.2. The maximum atomic E-state index is 11.8. The number of thiazole rings is 1. The van der Waals surface area contributed by atoms with Gasteiger partial charge in [-0.2, -0.15) is 0 Å². The quantitative estimate of drug-likeness (QED) is 0.874. The molecule has 96 valence electrons. The summed E-state index contributed by atoms with van der Waals surface area (Å²) < 4.78 is 5.27. The highest BCUT2D eigenvalue weighted by Crippen LogP contribution is 2.30. The highest BCUT2D eigenvalue weighted by atomic mass is 32.1. The Morgan fingerprint density at radius 3 is 3.16 bits per heavy atom. The van der Waals surface area contributed by atoms with Crippen molar-refractivity contribution in [2.24, 2.45) is 0 Å². The third-order valence-electron chi connectivity index (χ3n) is 2.54. The lowest BCUT2D eigenvalue weighted by Crippen LogP contribution is -2.25. The number of nitrogens with one attached hydrogen (secondary N) is 2. The Kier molecular flexibility index (Phi) is 2.88. The summed E-state index contributed by atoms with van der Waals surface area (Å²) in [7, 11) is 0. The first kappa shape index (κ1) is 11.7. The Morgan fingerprint density at radius 1 is 1.47 bits per heavy atom. The number of hydrogen-bond donors (Lipinski definition) is 2. The minimum atomic E-state index is -0.277. The van der Waals surface area contributed by atoms with Crippen LogP contribution in [-0.2, 0) is 4.79 Å². The molecule has 0 fully saturated rings. The van der Waals surface area contributed by atoms with E-state index in [0.717, 1.165) is 0 Å². The SMILES string of the molecule is O=C1COc2cc(NC(=O)c3cscn3)ccc2N1. The van der Waals surface area contributed by atoms with Crippen molar-refractivity contribution in [2.45, 2.75) is 0 Å². The van der Waals surface area contributed by atoms with E-state index < -0.39 is 0 Å². The van der Waals surface area contributed by atoms with E-state index >= 15 is 0 Å². The molecule has 0 saturated heterocycles. The van der Waals surface area contributed by atoms with E-state index in [1.807, 2.05) is 0 Å². The van der Waals surface area contributed by atoms with Gasteiger partial charge in [-0.25, -0.2) is 4.98 Å². The fourth-order valence-corrected chi connectivity index (χ4v) is 2.20. The summed E-state index contributed by atoms with van der Waals surface area (Å²) in [6.07, 6.45) is 0. The van der Waals surface area contributed by atoms with Gasteiger partial charge in [-0.3, -0.25) is 9.59 Å². The molecule has 7 heteroatoms. The number of carbonyl (C=O) groups excluding carboxylic acids is 2. The van der Waals surface area contributed by atoms with Crippen LogP contribution in [0.25, 0.3) is 0 Å². The fourth-order valence-electron chi connectivity index (χ4n) is 1.67. The number of rotatable bonds is 2. The summed E-state index contributed by atoms with van der Waals surface area (Å²) in [4.78, 5) is 26.9. The number of amides is 2. The number of anilines is 2. The minimum absolute atomic E-state index is 0.0174. The molecular formula is C12H9N3O3S. The molecule has 6 nitrogen and oxygen atoms in total. The van der Waals surface area contributed by atoms with E-state index in [4.69, 9.17) is 4.74 Å². The molecule has 0 aliphatic carbocycles. The Hall–Kier alpha value is -2.41. The van der Waals surface area contributed by atoms with E-state index in [1.54, 1.807) is 29.1 Å². The Labute approximate surface area is 112 Å². The van der Waals surface area contributed by atoms with Crippen LogP contribution in [0.4, 0.5) is 11.4 Å². The van der Waals surface area contributed by atoms with Crippen molar-refractivity contribution >= 4 is 34.5 Å². The number of benzene rings is 1. The van der Waals surface area contributed by atoms with Crippen LogP contribution in [0.15, 0.2) is 29.1 Å². The average Bonchev–Trinajstić information content (AvgIpc) is 2.93. The van der Waals surface area contributed by atoms with Crippen molar-refractivity contribution in [3.8, 4) is 5.75 Å². The molecule has 0 radical (unpaired) electrons. The molecule has 1 aromatic carbocycles. The van der Waals surface area contributed by atoms with Gasteiger partial charge in [-0.1, -0.05) is 0 Å². The first-order chi connectivity index (χ1) is 9.22. The molecule has 1 aliphatic rings. The molecule has 19 heavy (non-hydrogen) atoms. The molecule has 1 aliphatic heterocycles. The summed E-state index contributed by atoms with van der Waals surface area (Å²) in [5.41, 5.74) is 3.16. The second kappa shape index (κ2) is 4.69. The first-order valence-corrected chi connectivity index (χ1v) is 6.43. The molecule has 0 bridgehead atoms. The number of hydrogen-bond acceptors (Lipinski definition) is 5. The van der Waals surface area contributed by atoms with E-state index in [0.29, 0.717) is 22.8 Å². The highest BCUT2D eigenvalue weighted by molar-refractivity contribution is 7.07. The predicted octanol–water partition coefficient (Wildman–Crippen LogP) is 1.73. The molecule has 3 rings (SSSR count). The van der Waals surface area contributed by atoms with Gasteiger partial charge in [-0.15, -0.1) is 11.3 Å². The maximum absolute atomic E-state index is 11.8.